The standard InChI is InChI=1S/C18H40N2/c1-15(13-17(3,4)5)9-11-20(19)12-10-16(2)14-18(6,7)8/h15-16H,9-14,19H2,1-8H3. The molecule has 0 saturated heterocycles. The second-order valence-electron chi connectivity index (χ2n) is 9.35. The van der Waals surface area contributed by atoms with Crippen LogP contribution in [0.2, 0.25) is 0 Å². The van der Waals surface area contributed by atoms with E-state index >= 15 is 0 Å². The van der Waals surface area contributed by atoms with E-state index in [1.807, 2.05) is 5.01 Å². The molecular formula is C18H40N2. The van der Waals surface area contributed by atoms with Crippen LogP contribution in [0.1, 0.15) is 81.1 Å². The molecule has 0 bridgehead atoms. The van der Waals surface area contributed by atoms with Crippen LogP contribution in [0.3, 0.4) is 0 Å². The van der Waals surface area contributed by atoms with Gasteiger partial charge in [0.15, 0.2) is 0 Å². The molecule has 0 amide bonds. The van der Waals surface area contributed by atoms with Crippen LogP contribution >= 0.6 is 0 Å². The van der Waals surface area contributed by atoms with E-state index in [2.05, 4.69) is 55.4 Å². The van der Waals surface area contributed by atoms with Crippen LogP contribution in [-0.4, -0.2) is 18.1 Å². The van der Waals surface area contributed by atoms with Crippen LogP contribution < -0.4 is 5.84 Å². The lowest BCUT2D eigenvalue weighted by Crippen LogP contribution is -2.35. The van der Waals surface area contributed by atoms with E-state index in [-0.39, 0.29) is 0 Å². The van der Waals surface area contributed by atoms with Crippen LogP contribution in [0.15, 0.2) is 0 Å². The molecule has 0 heterocycles. The molecule has 0 aliphatic carbocycles. The zero-order valence-electron chi connectivity index (χ0n) is 15.4. The van der Waals surface area contributed by atoms with E-state index in [1.54, 1.807) is 0 Å². The summed E-state index contributed by atoms with van der Waals surface area (Å²) in [6, 6.07) is 0. The monoisotopic (exact) mass is 284 g/mol. The topological polar surface area (TPSA) is 29.3 Å². The summed E-state index contributed by atoms with van der Waals surface area (Å²) in [4.78, 5) is 0. The summed E-state index contributed by atoms with van der Waals surface area (Å²) in [6.45, 7) is 20.7. The molecule has 2 N–H and O–H groups in total. The first-order valence-corrected chi connectivity index (χ1v) is 8.39. The Bertz CT molecular complexity index is 221. The van der Waals surface area contributed by atoms with Crippen LogP contribution in [0.4, 0.5) is 0 Å². The highest BCUT2D eigenvalue weighted by atomic mass is 15.4. The van der Waals surface area contributed by atoms with Gasteiger partial charge in [0.25, 0.3) is 0 Å². The number of nitrogens with zero attached hydrogens (tertiary/aromatic N) is 1. The first-order valence-electron chi connectivity index (χ1n) is 8.39. The van der Waals surface area contributed by atoms with Gasteiger partial charge in [-0.3, -0.25) is 5.84 Å². The van der Waals surface area contributed by atoms with E-state index in [0.717, 1.165) is 24.9 Å². The molecule has 122 valence electrons. The molecular weight excluding hydrogens is 244 g/mol. The third-order valence-electron chi connectivity index (χ3n) is 3.74. The predicted molar refractivity (Wildman–Crippen MR) is 91.5 cm³/mol. The molecule has 0 radical (unpaired) electrons. The van der Waals surface area contributed by atoms with Crippen molar-refractivity contribution in [2.45, 2.75) is 81.1 Å². The van der Waals surface area contributed by atoms with Crippen molar-refractivity contribution in [1.29, 1.82) is 0 Å². The first-order chi connectivity index (χ1) is 8.89. The van der Waals surface area contributed by atoms with Crippen molar-refractivity contribution in [3.8, 4) is 0 Å². The molecule has 0 aliphatic heterocycles. The highest BCUT2D eigenvalue weighted by molar-refractivity contribution is 4.69. The zero-order chi connectivity index (χ0) is 16.0. The first kappa shape index (κ1) is 19.9. The Morgan fingerprint density at radius 3 is 1.30 bits per heavy atom. The Balaban J connectivity index is 3.81. The summed E-state index contributed by atoms with van der Waals surface area (Å²) < 4.78 is 0. The van der Waals surface area contributed by atoms with Gasteiger partial charge < -0.3 is 0 Å². The van der Waals surface area contributed by atoms with E-state index in [0.29, 0.717) is 10.8 Å². The summed E-state index contributed by atoms with van der Waals surface area (Å²) in [7, 11) is 0. The molecule has 0 saturated carbocycles. The van der Waals surface area contributed by atoms with Gasteiger partial charge in [-0.05, 0) is 48.3 Å². The molecule has 20 heavy (non-hydrogen) atoms. The fraction of sp³-hybridized carbons (Fsp3) is 1.00. The molecule has 0 rings (SSSR count). The van der Waals surface area contributed by atoms with Crippen LogP contribution in [0, 0.1) is 22.7 Å². The predicted octanol–water partition coefficient (Wildman–Crippen LogP) is 5.09. The third kappa shape index (κ3) is 12.9. The maximum absolute atomic E-state index is 6.13. The lowest BCUT2D eigenvalue weighted by molar-refractivity contribution is 0.209. The van der Waals surface area contributed by atoms with E-state index in [4.69, 9.17) is 5.84 Å². The fourth-order valence-corrected chi connectivity index (χ4v) is 3.18. The Hall–Kier alpha value is -0.0800. The van der Waals surface area contributed by atoms with Gasteiger partial charge >= 0.3 is 0 Å². The Morgan fingerprint density at radius 2 is 1.05 bits per heavy atom. The summed E-state index contributed by atoms with van der Waals surface area (Å²) >= 11 is 0. The van der Waals surface area contributed by atoms with Crippen molar-refractivity contribution in [2.24, 2.45) is 28.5 Å². The van der Waals surface area contributed by atoms with Gasteiger partial charge in [-0.25, -0.2) is 5.01 Å². The highest BCUT2D eigenvalue weighted by Crippen LogP contribution is 2.27. The molecule has 2 unspecified atom stereocenters. The minimum Gasteiger partial charge on any atom is -0.269 e. The van der Waals surface area contributed by atoms with Gasteiger partial charge in [-0.15, -0.1) is 0 Å². The van der Waals surface area contributed by atoms with Crippen molar-refractivity contribution < 1.29 is 0 Å². The smallest absolute Gasteiger partial charge is 0.0131 e. The lowest BCUT2D eigenvalue weighted by atomic mass is 9.84. The SMILES string of the molecule is CC(CCN(N)CCC(C)CC(C)(C)C)CC(C)(C)C. The number of nitrogens with two attached hydrogens (primary N) is 1. The van der Waals surface area contributed by atoms with E-state index in [9.17, 15) is 0 Å². The van der Waals surface area contributed by atoms with Gasteiger partial charge in [0.05, 0.1) is 0 Å². The molecule has 0 aromatic heterocycles. The van der Waals surface area contributed by atoms with Gasteiger partial charge in [-0.2, -0.15) is 0 Å². The Labute approximate surface area is 128 Å². The molecule has 2 heteroatoms. The van der Waals surface area contributed by atoms with Gasteiger partial charge in [-0.1, -0.05) is 55.4 Å². The maximum Gasteiger partial charge on any atom is 0.0131 e. The highest BCUT2D eigenvalue weighted by Gasteiger charge is 2.17. The van der Waals surface area contributed by atoms with Gasteiger partial charge in [0.1, 0.15) is 0 Å². The summed E-state index contributed by atoms with van der Waals surface area (Å²) in [5, 5.41) is 2.03. The number of rotatable bonds is 8. The average Bonchev–Trinajstić information content (AvgIpc) is 2.18. The molecule has 0 spiro atoms. The van der Waals surface area contributed by atoms with Crippen LogP contribution in [0.5, 0.6) is 0 Å². The third-order valence-corrected chi connectivity index (χ3v) is 3.74. The Kier molecular flexibility index (Phi) is 8.35. The number of hydrogen-bond donors (Lipinski definition) is 1. The van der Waals surface area contributed by atoms with Gasteiger partial charge in [0.2, 0.25) is 0 Å². The number of hydrazine groups is 1. The maximum atomic E-state index is 6.13. The largest absolute Gasteiger partial charge is 0.269 e. The van der Waals surface area contributed by atoms with Crippen molar-refractivity contribution in [2.75, 3.05) is 13.1 Å². The molecule has 2 atom stereocenters. The van der Waals surface area contributed by atoms with Crippen molar-refractivity contribution >= 4 is 0 Å². The van der Waals surface area contributed by atoms with Crippen LogP contribution in [0.25, 0.3) is 0 Å². The quantitative estimate of drug-likeness (QED) is 0.497. The number of hydrogen-bond acceptors (Lipinski definition) is 2. The molecule has 0 aromatic carbocycles. The summed E-state index contributed by atoms with van der Waals surface area (Å²) in [6.07, 6.45) is 4.98. The van der Waals surface area contributed by atoms with Crippen molar-refractivity contribution in [1.82, 2.24) is 5.01 Å². The Morgan fingerprint density at radius 1 is 0.750 bits per heavy atom. The van der Waals surface area contributed by atoms with E-state index < -0.39 is 0 Å². The molecule has 0 aliphatic rings. The van der Waals surface area contributed by atoms with E-state index in [1.165, 1.54) is 25.7 Å². The minimum absolute atomic E-state index is 0.431. The lowest BCUT2D eigenvalue weighted by Gasteiger charge is -2.27. The second kappa shape index (κ2) is 8.38. The minimum atomic E-state index is 0.431. The summed E-state index contributed by atoms with van der Waals surface area (Å²) in [5.74, 6) is 7.65. The zero-order valence-corrected chi connectivity index (χ0v) is 15.4. The van der Waals surface area contributed by atoms with Crippen molar-refractivity contribution in [3.63, 3.8) is 0 Å². The van der Waals surface area contributed by atoms with Crippen LogP contribution in [-0.2, 0) is 0 Å². The van der Waals surface area contributed by atoms with Crippen molar-refractivity contribution in [3.05, 3.63) is 0 Å². The average molecular weight is 285 g/mol. The summed E-state index contributed by atoms with van der Waals surface area (Å²) in [5.41, 5.74) is 0.861. The fourth-order valence-electron chi connectivity index (χ4n) is 3.18. The normalized spacial score (nSPS) is 16.5. The second-order valence-corrected chi connectivity index (χ2v) is 9.35. The molecule has 2 nitrogen and oxygen atoms in total. The van der Waals surface area contributed by atoms with Gasteiger partial charge in [0, 0.05) is 13.1 Å². The molecule has 0 aromatic rings. The molecule has 0 fully saturated rings.